The fourth-order valence-electron chi connectivity index (χ4n) is 2.30. The van der Waals surface area contributed by atoms with E-state index in [2.05, 4.69) is 34.0 Å². The molecule has 0 fully saturated rings. The Morgan fingerprint density at radius 2 is 2.35 bits per heavy atom. The van der Waals surface area contributed by atoms with E-state index < -0.39 is 6.10 Å². The lowest BCUT2D eigenvalue weighted by Crippen LogP contribution is -2.24. The van der Waals surface area contributed by atoms with Gasteiger partial charge in [0.05, 0.1) is 16.7 Å². The molecule has 0 spiro atoms. The van der Waals surface area contributed by atoms with Gasteiger partial charge in [0, 0.05) is 0 Å². The molecule has 90 valence electrons. The highest BCUT2D eigenvalue weighted by molar-refractivity contribution is 7.15. The van der Waals surface area contributed by atoms with Crippen molar-refractivity contribution < 1.29 is 5.11 Å². The maximum absolute atomic E-state index is 10.1. The Balaban J connectivity index is 2.04. The van der Waals surface area contributed by atoms with Crippen LogP contribution in [0.1, 0.15) is 36.9 Å². The highest BCUT2D eigenvalue weighted by Gasteiger charge is 2.34. The number of rotatable bonds is 1. The smallest absolute Gasteiger partial charge is 0.184 e. The Labute approximate surface area is 103 Å². The summed E-state index contributed by atoms with van der Waals surface area (Å²) in [4.78, 5) is 9.64. The summed E-state index contributed by atoms with van der Waals surface area (Å²) < 4.78 is 0. The van der Waals surface area contributed by atoms with Crippen molar-refractivity contribution in [3.05, 3.63) is 16.9 Å². The molecule has 1 atom stereocenters. The second-order valence-corrected chi connectivity index (χ2v) is 6.26. The van der Waals surface area contributed by atoms with Gasteiger partial charge >= 0.3 is 0 Å². The van der Waals surface area contributed by atoms with E-state index in [1.807, 2.05) is 0 Å². The Morgan fingerprint density at radius 1 is 1.53 bits per heavy atom. The molecule has 0 amide bonds. The van der Waals surface area contributed by atoms with Crippen LogP contribution in [0.15, 0.2) is 6.33 Å². The topological polar surface area (TPSA) is 74.7 Å². The first-order chi connectivity index (χ1) is 8.05. The molecule has 2 N–H and O–H groups in total. The maximum atomic E-state index is 10.1. The van der Waals surface area contributed by atoms with Crippen LogP contribution in [0.3, 0.4) is 0 Å². The molecule has 17 heavy (non-hydrogen) atoms. The summed E-state index contributed by atoms with van der Waals surface area (Å²) in [6.45, 7) is 4.32. The normalized spacial score (nSPS) is 22.4. The summed E-state index contributed by atoms with van der Waals surface area (Å²) in [6, 6.07) is 0. The molecule has 0 bridgehead atoms. The quantitative estimate of drug-likeness (QED) is 0.811. The second kappa shape index (κ2) is 3.61. The molecule has 0 radical (unpaired) electrons. The van der Waals surface area contributed by atoms with Gasteiger partial charge in [-0.05, 0) is 18.3 Å². The van der Waals surface area contributed by atoms with Crippen molar-refractivity contribution in [2.75, 3.05) is 0 Å². The van der Waals surface area contributed by atoms with Crippen molar-refractivity contribution in [3.63, 3.8) is 0 Å². The summed E-state index contributed by atoms with van der Waals surface area (Å²) in [5.41, 5.74) is 1.12. The number of aromatic nitrogens is 4. The molecule has 1 unspecified atom stereocenters. The third-order valence-corrected chi connectivity index (χ3v) is 4.25. The lowest BCUT2D eigenvalue weighted by atomic mass is 9.77. The van der Waals surface area contributed by atoms with E-state index in [1.54, 1.807) is 0 Å². The van der Waals surface area contributed by atoms with E-state index >= 15 is 0 Å². The lowest BCUT2D eigenvalue weighted by Gasteiger charge is -2.31. The number of aromatic amines is 1. The standard InChI is InChI=1S/C11H14N4OS/c1-11(2)3-6-8(7(16)4-11)17-10(14-6)9-12-5-13-15-9/h5,7,16H,3-4H2,1-2H3,(H,12,13,15). The van der Waals surface area contributed by atoms with Crippen LogP contribution in [0.5, 0.6) is 0 Å². The molecule has 1 aliphatic rings. The first-order valence-electron chi connectivity index (χ1n) is 5.58. The highest BCUT2D eigenvalue weighted by Crippen LogP contribution is 2.44. The molecule has 1 aliphatic carbocycles. The SMILES string of the molecule is CC1(C)Cc2nc(-c3ncn[nH]3)sc2C(O)C1. The van der Waals surface area contributed by atoms with Crippen LogP contribution in [-0.4, -0.2) is 25.3 Å². The Hall–Kier alpha value is -1.27. The van der Waals surface area contributed by atoms with E-state index in [-0.39, 0.29) is 5.41 Å². The Bertz CT molecular complexity index is 532. The minimum absolute atomic E-state index is 0.110. The molecule has 5 nitrogen and oxygen atoms in total. The van der Waals surface area contributed by atoms with Crippen molar-refractivity contribution in [2.24, 2.45) is 5.41 Å². The van der Waals surface area contributed by atoms with Gasteiger partial charge in [-0.1, -0.05) is 13.8 Å². The number of aliphatic hydroxyl groups excluding tert-OH is 1. The third-order valence-electron chi connectivity index (χ3n) is 3.04. The fourth-order valence-corrected chi connectivity index (χ4v) is 3.32. The molecule has 3 rings (SSSR count). The molecule has 6 heteroatoms. The predicted octanol–water partition coefficient (Wildman–Crippen LogP) is 1.93. The first kappa shape index (κ1) is 10.9. The first-order valence-corrected chi connectivity index (χ1v) is 6.40. The van der Waals surface area contributed by atoms with E-state index in [0.29, 0.717) is 5.82 Å². The molecular weight excluding hydrogens is 236 g/mol. The van der Waals surface area contributed by atoms with Gasteiger partial charge in [0.25, 0.3) is 0 Å². The van der Waals surface area contributed by atoms with E-state index in [1.165, 1.54) is 17.7 Å². The summed E-state index contributed by atoms with van der Waals surface area (Å²) in [5, 5.41) is 17.6. The van der Waals surface area contributed by atoms with Crippen molar-refractivity contribution in [2.45, 2.75) is 32.8 Å². The van der Waals surface area contributed by atoms with Gasteiger partial charge in [0.15, 0.2) is 10.8 Å². The Morgan fingerprint density at radius 3 is 3.06 bits per heavy atom. The molecule has 0 saturated heterocycles. The van der Waals surface area contributed by atoms with Gasteiger partial charge in [-0.3, -0.25) is 5.10 Å². The number of hydrogen-bond donors (Lipinski definition) is 2. The zero-order valence-corrected chi connectivity index (χ0v) is 10.6. The number of thiazole rings is 1. The summed E-state index contributed by atoms with van der Waals surface area (Å²) >= 11 is 1.51. The van der Waals surface area contributed by atoms with Gasteiger partial charge in [0.1, 0.15) is 6.33 Å². The highest BCUT2D eigenvalue weighted by atomic mass is 32.1. The molecule has 0 saturated carbocycles. The number of hydrogen-bond acceptors (Lipinski definition) is 5. The van der Waals surface area contributed by atoms with Crippen LogP contribution in [0, 0.1) is 5.41 Å². The average Bonchev–Trinajstić information content (AvgIpc) is 2.81. The van der Waals surface area contributed by atoms with Gasteiger partial charge in [0.2, 0.25) is 0 Å². The van der Waals surface area contributed by atoms with Crippen molar-refractivity contribution in [1.82, 2.24) is 20.2 Å². The lowest BCUT2D eigenvalue weighted by molar-refractivity contribution is 0.102. The molecule has 0 aromatic carbocycles. The van der Waals surface area contributed by atoms with E-state index in [9.17, 15) is 5.11 Å². The molecule has 2 heterocycles. The van der Waals surface area contributed by atoms with Crippen molar-refractivity contribution in [3.8, 4) is 10.8 Å². The minimum atomic E-state index is -0.400. The summed E-state index contributed by atoms with van der Waals surface area (Å²) in [6.07, 6.45) is 2.76. The van der Waals surface area contributed by atoms with Crippen LogP contribution in [0.25, 0.3) is 10.8 Å². The third kappa shape index (κ3) is 1.87. The fraction of sp³-hybridized carbons (Fsp3) is 0.545. The zero-order valence-electron chi connectivity index (χ0n) is 9.77. The Kier molecular flexibility index (Phi) is 2.31. The van der Waals surface area contributed by atoms with Crippen molar-refractivity contribution in [1.29, 1.82) is 0 Å². The number of nitrogens with one attached hydrogen (secondary N) is 1. The van der Waals surface area contributed by atoms with Gasteiger partial charge in [-0.25, -0.2) is 9.97 Å². The van der Waals surface area contributed by atoms with Gasteiger partial charge in [-0.15, -0.1) is 11.3 Å². The van der Waals surface area contributed by atoms with Crippen LogP contribution < -0.4 is 0 Å². The van der Waals surface area contributed by atoms with E-state index in [0.717, 1.165) is 28.4 Å². The zero-order chi connectivity index (χ0) is 12.0. The molecule has 0 aliphatic heterocycles. The molecule has 2 aromatic rings. The predicted molar refractivity (Wildman–Crippen MR) is 64.6 cm³/mol. The maximum Gasteiger partial charge on any atom is 0.184 e. The summed E-state index contributed by atoms with van der Waals surface area (Å²) in [5.74, 6) is 0.675. The van der Waals surface area contributed by atoms with Crippen LogP contribution in [-0.2, 0) is 6.42 Å². The monoisotopic (exact) mass is 250 g/mol. The number of nitrogens with zero attached hydrogens (tertiary/aromatic N) is 3. The minimum Gasteiger partial charge on any atom is -0.387 e. The van der Waals surface area contributed by atoms with Gasteiger partial charge in [-0.2, -0.15) is 5.10 Å². The van der Waals surface area contributed by atoms with Crippen molar-refractivity contribution >= 4 is 11.3 Å². The average molecular weight is 250 g/mol. The van der Waals surface area contributed by atoms with Gasteiger partial charge < -0.3 is 5.11 Å². The summed E-state index contributed by atoms with van der Waals surface area (Å²) in [7, 11) is 0. The molecule has 2 aromatic heterocycles. The molecular formula is C11H14N4OS. The number of H-pyrrole nitrogens is 1. The van der Waals surface area contributed by atoms with Crippen LogP contribution in [0.4, 0.5) is 0 Å². The van der Waals surface area contributed by atoms with E-state index in [4.69, 9.17) is 0 Å². The number of fused-ring (bicyclic) bond motifs is 1. The van der Waals surface area contributed by atoms with Crippen LogP contribution in [0.2, 0.25) is 0 Å². The van der Waals surface area contributed by atoms with Crippen LogP contribution >= 0.6 is 11.3 Å². The number of aliphatic hydroxyl groups is 1. The largest absolute Gasteiger partial charge is 0.387 e. The second-order valence-electron chi connectivity index (χ2n) is 5.22.